The van der Waals surface area contributed by atoms with E-state index in [1.54, 1.807) is 0 Å². The van der Waals surface area contributed by atoms with Crippen LogP contribution in [0.25, 0.3) is 0 Å². The lowest BCUT2D eigenvalue weighted by atomic mass is 10.2. The zero-order valence-electron chi connectivity index (χ0n) is 11.2. The fourth-order valence-corrected chi connectivity index (χ4v) is 2.13. The molecule has 0 atom stereocenters. The SMILES string of the molecule is CN(C)CCCCN=C(NN)NC1CCCC1. The van der Waals surface area contributed by atoms with Crippen molar-refractivity contribution < 1.29 is 0 Å². The van der Waals surface area contributed by atoms with Gasteiger partial charge >= 0.3 is 0 Å². The van der Waals surface area contributed by atoms with Crippen molar-refractivity contribution in [2.45, 2.75) is 44.6 Å². The van der Waals surface area contributed by atoms with Crippen molar-refractivity contribution in [3.63, 3.8) is 0 Å². The van der Waals surface area contributed by atoms with E-state index in [1.807, 2.05) is 0 Å². The summed E-state index contributed by atoms with van der Waals surface area (Å²) in [4.78, 5) is 6.65. The molecule has 1 aliphatic carbocycles. The number of hydrogen-bond donors (Lipinski definition) is 3. The monoisotopic (exact) mass is 241 g/mol. The summed E-state index contributed by atoms with van der Waals surface area (Å²) in [5.41, 5.74) is 2.66. The Morgan fingerprint density at radius 3 is 2.59 bits per heavy atom. The predicted octanol–water partition coefficient (Wildman–Crippen LogP) is 0.680. The fraction of sp³-hybridized carbons (Fsp3) is 0.917. The highest BCUT2D eigenvalue weighted by Gasteiger charge is 2.15. The topological polar surface area (TPSA) is 65.7 Å². The van der Waals surface area contributed by atoms with Crippen LogP contribution in [0.1, 0.15) is 38.5 Å². The van der Waals surface area contributed by atoms with Gasteiger partial charge in [-0.2, -0.15) is 0 Å². The van der Waals surface area contributed by atoms with Crippen LogP contribution in [0.2, 0.25) is 0 Å². The first-order valence-electron chi connectivity index (χ1n) is 6.64. The van der Waals surface area contributed by atoms with Gasteiger partial charge in [-0.25, -0.2) is 5.84 Å². The summed E-state index contributed by atoms with van der Waals surface area (Å²) < 4.78 is 0. The molecule has 1 aliphatic rings. The second kappa shape index (κ2) is 8.31. The lowest BCUT2D eigenvalue weighted by molar-refractivity contribution is 0.395. The molecule has 4 N–H and O–H groups in total. The Balaban J connectivity index is 2.14. The number of rotatable bonds is 6. The van der Waals surface area contributed by atoms with Crippen LogP contribution in [0.5, 0.6) is 0 Å². The number of guanidine groups is 1. The first-order chi connectivity index (χ1) is 8.22. The fourth-order valence-electron chi connectivity index (χ4n) is 2.13. The van der Waals surface area contributed by atoms with Crippen LogP contribution >= 0.6 is 0 Å². The third-order valence-corrected chi connectivity index (χ3v) is 3.12. The van der Waals surface area contributed by atoms with Crippen LogP contribution in [0.4, 0.5) is 0 Å². The van der Waals surface area contributed by atoms with Crippen molar-refractivity contribution in [1.82, 2.24) is 15.6 Å². The number of hydrogen-bond acceptors (Lipinski definition) is 3. The molecule has 17 heavy (non-hydrogen) atoms. The highest BCUT2D eigenvalue weighted by molar-refractivity contribution is 5.79. The van der Waals surface area contributed by atoms with E-state index in [1.165, 1.54) is 32.1 Å². The molecule has 0 aliphatic heterocycles. The van der Waals surface area contributed by atoms with E-state index < -0.39 is 0 Å². The lowest BCUT2D eigenvalue weighted by Crippen LogP contribution is -2.45. The molecule has 1 fully saturated rings. The molecule has 0 aromatic rings. The molecular weight excluding hydrogens is 214 g/mol. The quantitative estimate of drug-likeness (QED) is 0.210. The maximum Gasteiger partial charge on any atom is 0.205 e. The summed E-state index contributed by atoms with van der Waals surface area (Å²) in [6.45, 7) is 1.96. The Labute approximate surface area is 105 Å². The minimum Gasteiger partial charge on any atom is -0.353 e. The standard InChI is InChI=1S/C12H27N5/c1-17(2)10-6-5-9-14-12(16-13)15-11-7-3-4-8-11/h11H,3-10,13H2,1-2H3,(H2,14,15,16). The average Bonchev–Trinajstić information content (AvgIpc) is 2.79. The van der Waals surface area contributed by atoms with Crippen molar-refractivity contribution in [3.05, 3.63) is 0 Å². The normalized spacial score (nSPS) is 17.8. The van der Waals surface area contributed by atoms with E-state index in [0.29, 0.717) is 6.04 Å². The van der Waals surface area contributed by atoms with Crippen molar-refractivity contribution in [3.8, 4) is 0 Å². The third-order valence-electron chi connectivity index (χ3n) is 3.12. The van der Waals surface area contributed by atoms with E-state index >= 15 is 0 Å². The molecule has 0 radical (unpaired) electrons. The molecular formula is C12H27N5. The molecule has 0 amide bonds. The van der Waals surface area contributed by atoms with Crippen LogP contribution < -0.4 is 16.6 Å². The number of unbranched alkanes of at least 4 members (excludes halogenated alkanes) is 1. The molecule has 0 heterocycles. The van der Waals surface area contributed by atoms with E-state index in [4.69, 9.17) is 5.84 Å². The first kappa shape index (κ1) is 14.3. The zero-order valence-corrected chi connectivity index (χ0v) is 11.2. The van der Waals surface area contributed by atoms with E-state index in [-0.39, 0.29) is 0 Å². The molecule has 1 saturated carbocycles. The van der Waals surface area contributed by atoms with Gasteiger partial charge in [0, 0.05) is 12.6 Å². The zero-order chi connectivity index (χ0) is 12.5. The molecule has 100 valence electrons. The molecule has 5 heteroatoms. The van der Waals surface area contributed by atoms with Gasteiger partial charge < -0.3 is 10.2 Å². The van der Waals surface area contributed by atoms with Gasteiger partial charge in [-0.1, -0.05) is 12.8 Å². The molecule has 0 unspecified atom stereocenters. The highest BCUT2D eigenvalue weighted by atomic mass is 15.3. The van der Waals surface area contributed by atoms with Gasteiger partial charge in [0.2, 0.25) is 5.96 Å². The van der Waals surface area contributed by atoms with E-state index in [9.17, 15) is 0 Å². The number of nitrogens with two attached hydrogens (primary N) is 1. The number of aliphatic imine (C=N–C) groups is 1. The molecule has 0 bridgehead atoms. The van der Waals surface area contributed by atoms with Crippen LogP contribution in [0.3, 0.4) is 0 Å². The molecule has 5 nitrogen and oxygen atoms in total. The van der Waals surface area contributed by atoms with Gasteiger partial charge in [-0.05, 0) is 46.3 Å². The van der Waals surface area contributed by atoms with Crippen LogP contribution in [-0.2, 0) is 0 Å². The van der Waals surface area contributed by atoms with Crippen molar-refractivity contribution in [1.29, 1.82) is 0 Å². The third kappa shape index (κ3) is 6.48. The molecule has 1 rings (SSSR count). The molecule has 0 aromatic carbocycles. The number of hydrazine groups is 1. The summed E-state index contributed by atoms with van der Waals surface area (Å²) >= 11 is 0. The van der Waals surface area contributed by atoms with Gasteiger partial charge in [-0.15, -0.1) is 0 Å². The smallest absolute Gasteiger partial charge is 0.205 e. The number of nitrogens with zero attached hydrogens (tertiary/aromatic N) is 2. The van der Waals surface area contributed by atoms with Crippen LogP contribution in [-0.4, -0.2) is 44.1 Å². The van der Waals surface area contributed by atoms with Crippen molar-refractivity contribution in [2.24, 2.45) is 10.8 Å². The van der Waals surface area contributed by atoms with Crippen LogP contribution in [0, 0.1) is 0 Å². The summed E-state index contributed by atoms with van der Waals surface area (Å²) in [5, 5.41) is 3.37. The van der Waals surface area contributed by atoms with Crippen molar-refractivity contribution >= 4 is 5.96 Å². The summed E-state index contributed by atoms with van der Waals surface area (Å²) in [5.74, 6) is 6.21. The van der Waals surface area contributed by atoms with Crippen molar-refractivity contribution in [2.75, 3.05) is 27.2 Å². The lowest BCUT2D eigenvalue weighted by Gasteiger charge is -2.15. The second-order valence-electron chi connectivity index (χ2n) is 5.01. The minimum absolute atomic E-state index is 0.562. The second-order valence-corrected chi connectivity index (χ2v) is 5.01. The van der Waals surface area contributed by atoms with E-state index in [0.717, 1.165) is 25.5 Å². The van der Waals surface area contributed by atoms with E-state index in [2.05, 4.69) is 34.7 Å². The molecule has 0 aromatic heterocycles. The Hall–Kier alpha value is -0.810. The van der Waals surface area contributed by atoms with Crippen LogP contribution in [0.15, 0.2) is 4.99 Å². The number of nitrogens with one attached hydrogen (secondary N) is 2. The Kier molecular flexibility index (Phi) is 6.96. The van der Waals surface area contributed by atoms with Gasteiger partial charge in [0.1, 0.15) is 0 Å². The van der Waals surface area contributed by atoms with Gasteiger partial charge in [0.05, 0.1) is 0 Å². The average molecular weight is 241 g/mol. The Morgan fingerprint density at radius 2 is 2.00 bits per heavy atom. The van der Waals surface area contributed by atoms with Gasteiger partial charge in [0.15, 0.2) is 0 Å². The maximum atomic E-state index is 5.46. The maximum absolute atomic E-state index is 5.46. The molecule has 0 spiro atoms. The Morgan fingerprint density at radius 1 is 1.29 bits per heavy atom. The Bertz CT molecular complexity index is 221. The summed E-state index contributed by atoms with van der Waals surface area (Å²) in [7, 11) is 4.19. The minimum atomic E-state index is 0.562. The largest absolute Gasteiger partial charge is 0.353 e. The summed E-state index contributed by atoms with van der Waals surface area (Å²) in [6, 6.07) is 0.562. The first-order valence-corrected chi connectivity index (χ1v) is 6.64. The van der Waals surface area contributed by atoms with Gasteiger partial charge in [-0.3, -0.25) is 10.4 Å². The van der Waals surface area contributed by atoms with Gasteiger partial charge in [0.25, 0.3) is 0 Å². The molecule has 0 saturated heterocycles. The summed E-state index contributed by atoms with van der Waals surface area (Å²) in [6.07, 6.45) is 7.40. The highest BCUT2D eigenvalue weighted by Crippen LogP contribution is 2.17. The predicted molar refractivity (Wildman–Crippen MR) is 72.8 cm³/mol.